The third kappa shape index (κ3) is 4.01. The standard InChI is InChI=1S/C18H22N4O2/c1-2-24-15-8-6-14(7-9-15)21-17-13-19-16(12-20-17)18(23)22-10-4-3-5-11-22/h6-9,12-13H,2-5,10-11H2,1H3,(H,20,21). The van der Waals surface area contributed by atoms with Crippen molar-refractivity contribution in [2.75, 3.05) is 25.0 Å². The highest BCUT2D eigenvalue weighted by molar-refractivity contribution is 5.92. The molecule has 0 bridgehead atoms. The summed E-state index contributed by atoms with van der Waals surface area (Å²) in [6, 6.07) is 7.62. The zero-order valence-electron chi connectivity index (χ0n) is 13.9. The van der Waals surface area contributed by atoms with Crippen molar-refractivity contribution in [2.45, 2.75) is 26.2 Å². The molecule has 1 N–H and O–H groups in total. The molecule has 3 rings (SSSR count). The Morgan fingerprint density at radius 1 is 1.12 bits per heavy atom. The SMILES string of the molecule is CCOc1ccc(Nc2cnc(C(=O)N3CCCCC3)cn2)cc1. The van der Waals surface area contributed by atoms with E-state index in [0.29, 0.717) is 18.1 Å². The molecule has 0 unspecified atom stereocenters. The van der Waals surface area contributed by atoms with Crippen LogP contribution in [0.4, 0.5) is 11.5 Å². The molecule has 0 saturated carbocycles. The molecule has 0 atom stereocenters. The van der Waals surface area contributed by atoms with Crippen LogP contribution in [-0.4, -0.2) is 40.5 Å². The number of benzene rings is 1. The summed E-state index contributed by atoms with van der Waals surface area (Å²) in [4.78, 5) is 22.8. The third-order valence-electron chi connectivity index (χ3n) is 3.95. The quantitative estimate of drug-likeness (QED) is 0.913. The minimum absolute atomic E-state index is 0.0326. The Morgan fingerprint density at radius 3 is 2.50 bits per heavy atom. The van der Waals surface area contributed by atoms with E-state index in [2.05, 4.69) is 15.3 Å². The number of amides is 1. The molecule has 1 aliphatic rings. The van der Waals surface area contributed by atoms with E-state index in [9.17, 15) is 4.79 Å². The number of piperidine rings is 1. The Kier molecular flexibility index (Phi) is 5.25. The van der Waals surface area contributed by atoms with Crippen molar-refractivity contribution in [3.8, 4) is 5.75 Å². The molecule has 0 aliphatic carbocycles. The molecule has 1 saturated heterocycles. The Balaban J connectivity index is 1.62. The summed E-state index contributed by atoms with van der Waals surface area (Å²) in [6.07, 6.45) is 6.45. The van der Waals surface area contributed by atoms with Gasteiger partial charge in [-0.1, -0.05) is 0 Å². The van der Waals surface area contributed by atoms with Gasteiger partial charge in [-0.3, -0.25) is 4.79 Å². The Morgan fingerprint density at radius 2 is 1.88 bits per heavy atom. The van der Waals surface area contributed by atoms with Gasteiger partial charge in [-0.25, -0.2) is 9.97 Å². The fourth-order valence-corrected chi connectivity index (χ4v) is 2.71. The van der Waals surface area contributed by atoms with Gasteiger partial charge >= 0.3 is 0 Å². The molecule has 2 aromatic rings. The van der Waals surface area contributed by atoms with Crippen LogP contribution >= 0.6 is 0 Å². The normalized spacial score (nSPS) is 14.3. The summed E-state index contributed by atoms with van der Waals surface area (Å²) in [5, 5.41) is 3.16. The highest BCUT2D eigenvalue weighted by Crippen LogP contribution is 2.19. The summed E-state index contributed by atoms with van der Waals surface area (Å²) in [6.45, 7) is 4.22. The Bertz CT molecular complexity index is 664. The van der Waals surface area contributed by atoms with Crippen LogP contribution in [0, 0.1) is 0 Å². The maximum atomic E-state index is 12.4. The number of ether oxygens (including phenoxy) is 1. The van der Waals surface area contributed by atoms with Crippen molar-refractivity contribution in [2.24, 2.45) is 0 Å². The average molecular weight is 326 g/mol. The monoisotopic (exact) mass is 326 g/mol. The number of likely N-dealkylation sites (tertiary alicyclic amines) is 1. The maximum Gasteiger partial charge on any atom is 0.274 e. The molecule has 0 spiro atoms. The van der Waals surface area contributed by atoms with Crippen LogP contribution in [0.3, 0.4) is 0 Å². The summed E-state index contributed by atoms with van der Waals surface area (Å²) in [5.41, 5.74) is 1.29. The van der Waals surface area contributed by atoms with Crippen molar-refractivity contribution in [3.05, 3.63) is 42.4 Å². The lowest BCUT2D eigenvalue weighted by molar-refractivity contribution is 0.0718. The minimum Gasteiger partial charge on any atom is -0.494 e. The van der Waals surface area contributed by atoms with Crippen LogP contribution in [0.5, 0.6) is 5.75 Å². The van der Waals surface area contributed by atoms with E-state index in [-0.39, 0.29) is 5.91 Å². The van der Waals surface area contributed by atoms with Crippen molar-refractivity contribution in [1.29, 1.82) is 0 Å². The van der Waals surface area contributed by atoms with Gasteiger partial charge in [0, 0.05) is 18.8 Å². The predicted molar refractivity (Wildman–Crippen MR) is 92.7 cm³/mol. The molecule has 1 aromatic carbocycles. The van der Waals surface area contributed by atoms with E-state index < -0.39 is 0 Å². The first-order chi connectivity index (χ1) is 11.8. The molecular formula is C18H22N4O2. The zero-order valence-corrected chi connectivity index (χ0v) is 13.9. The van der Waals surface area contributed by atoms with Crippen molar-refractivity contribution in [3.63, 3.8) is 0 Å². The lowest BCUT2D eigenvalue weighted by Crippen LogP contribution is -2.36. The smallest absolute Gasteiger partial charge is 0.274 e. The van der Waals surface area contributed by atoms with E-state index in [0.717, 1.165) is 37.4 Å². The molecule has 0 radical (unpaired) electrons. The largest absolute Gasteiger partial charge is 0.494 e. The van der Waals surface area contributed by atoms with Crippen molar-refractivity contribution >= 4 is 17.4 Å². The number of carbonyl (C=O) groups excluding carboxylic acids is 1. The van der Waals surface area contributed by atoms with E-state index in [1.807, 2.05) is 36.1 Å². The van der Waals surface area contributed by atoms with Gasteiger partial charge in [0.25, 0.3) is 5.91 Å². The predicted octanol–water partition coefficient (Wildman–Crippen LogP) is 3.25. The molecule has 1 fully saturated rings. The molecule has 1 aliphatic heterocycles. The van der Waals surface area contributed by atoms with Gasteiger partial charge in [-0.15, -0.1) is 0 Å². The number of aromatic nitrogens is 2. The second-order valence-corrected chi connectivity index (χ2v) is 5.72. The number of anilines is 2. The molecular weight excluding hydrogens is 304 g/mol. The van der Waals surface area contributed by atoms with Crippen LogP contribution in [0.2, 0.25) is 0 Å². The number of hydrogen-bond acceptors (Lipinski definition) is 5. The fraction of sp³-hybridized carbons (Fsp3) is 0.389. The number of hydrogen-bond donors (Lipinski definition) is 1. The second-order valence-electron chi connectivity index (χ2n) is 5.72. The van der Waals surface area contributed by atoms with Gasteiger partial charge in [-0.2, -0.15) is 0 Å². The first-order valence-electron chi connectivity index (χ1n) is 8.37. The summed E-state index contributed by atoms with van der Waals surface area (Å²) in [5.74, 6) is 1.40. The molecule has 6 nitrogen and oxygen atoms in total. The van der Waals surface area contributed by atoms with Gasteiger partial charge in [-0.05, 0) is 50.5 Å². The molecule has 2 heterocycles. The average Bonchev–Trinajstić information content (AvgIpc) is 2.64. The molecule has 6 heteroatoms. The van der Waals surface area contributed by atoms with Crippen LogP contribution in [-0.2, 0) is 0 Å². The lowest BCUT2D eigenvalue weighted by Gasteiger charge is -2.26. The van der Waals surface area contributed by atoms with Gasteiger partial charge in [0.2, 0.25) is 0 Å². The van der Waals surface area contributed by atoms with Crippen LogP contribution < -0.4 is 10.1 Å². The Labute approximate surface area is 141 Å². The third-order valence-corrected chi connectivity index (χ3v) is 3.95. The van der Waals surface area contributed by atoms with E-state index in [1.165, 1.54) is 12.6 Å². The van der Waals surface area contributed by atoms with E-state index in [4.69, 9.17) is 4.74 Å². The molecule has 24 heavy (non-hydrogen) atoms. The van der Waals surface area contributed by atoms with Crippen molar-refractivity contribution < 1.29 is 9.53 Å². The maximum absolute atomic E-state index is 12.4. The summed E-state index contributed by atoms with van der Waals surface area (Å²) in [7, 11) is 0. The summed E-state index contributed by atoms with van der Waals surface area (Å²) >= 11 is 0. The van der Waals surface area contributed by atoms with Gasteiger partial charge in [0.05, 0.1) is 19.0 Å². The minimum atomic E-state index is -0.0326. The van der Waals surface area contributed by atoms with E-state index >= 15 is 0 Å². The highest BCUT2D eigenvalue weighted by atomic mass is 16.5. The molecule has 1 aromatic heterocycles. The van der Waals surface area contributed by atoms with Crippen LogP contribution in [0.1, 0.15) is 36.7 Å². The van der Waals surface area contributed by atoms with Gasteiger partial charge in [0.1, 0.15) is 17.3 Å². The van der Waals surface area contributed by atoms with Gasteiger partial charge in [0.15, 0.2) is 0 Å². The fourth-order valence-electron chi connectivity index (χ4n) is 2.71. The number of carbonyl (C=O) groups is 1. The zero-order chi connectivity index (χ0) is 16.8. The highest BCUT2D eigenvalue weighted by Gasteiger charge is 2.19. The molecule has 1 amide bonds. The number of nitrogens with one attached hydrogen (secondary N) is 1. The van der Waals surface area contributed by atoms with Crippen molar-refractivity contribution in [1.82, 2.24) is 14.9 Å². The first kappa shape index (κ1) is 16.2. The second kappa shape index (κ2) is 7.77. The summed E-state index contributed by atoms with van der Waals surface area (Å²) < 4.78 is 5.41. The first-order valence-corrected chi connectivity index (χ1v) is 8.37. The number of nitrogens with zero attached hydrogens (tertiary/aromatic N) is 3. The lowest BCUT2D eigenvalue weighted by atomic mass is 10.1. The molecule has 126 valence electrons. The van der Waals surface area contributed by atoms with Gasteiger partial charge < -0.3 is 15.0 Å². The topological polar surface area (TPSA) is 67.3 Å². The van der Waals surface area contributed by atoms with E-state index in [1.54, 1.807) is 6.20 Å². The van der Waals surface area contributed by atoms with Crippen LogP contribution in [0.15, 0.2) is 36.7 Å². The Hall–Kier alpha value is -2.63. The van der Waals surface area contributed by atoms with Crippen LogP contribution in [0.25, 0.3) is 0 Å². The number of rotatable bonds is 5.